The maximum absolute atomic E-state index is 4.80. The van der Waals surface area contributed by atoms with Gasteiger partial charge in [0.15, 0.2) is 11.5 Å². The van der Waals surface area contributed by atoms with Gasteiger partial charge in [0.25, 0.3) is 0 Å². The summed E-state index contributed by atoms with van der Waals surface area (Å²) in [6.45, 7) is 6.32. The Morgan fingerprint density at radius 3 is 2.75 bits per heavy atom. The second-order valence-electron chi connectivity index (χ2n) is 6.44. The molecule has 4 aromatic rings. The summed E-state index contributed by atoms with van der Waals surface area (Å²) in [4.78, 5) is 12.0. The standard InChI is InChI=1S/C17H20N6S/c1-11-12(2)22(8-7-21(3)4)16-14(11)17-19-15(13-6-5-9-24-13)20-23(17)10-18-16/h5-6,9-10H,7-8H2,1-4H3/p+1. The molecule has 24 heavy (non-hydrogen) atoms. The third kappa shape index (κ3) is 2.32. The van der Waals surface area contributed by atoms with E-state index in [-0.39, 0.29) is 0 Å². The summed E-state index contributed by atoms with van der Waals surface area (Å²) in [5, 5.41) is 7.76. The maximum Gasteiger partial charge on any atom is 0.192 e. The number of hydrogen-bond acceptors (Lipinski definition) is 4. The lowest BCUT2D eigenvalue weighted by molar-refractivity contribution is -0.858. The zero-order chi connectivity index (χ0) is 16.8. The highest BCUT2D eigenvalue weighted by molar-refractivity contribution is 7.13. The Balaban J connectivity index is 1.93. The molecule has 0 aliphatic carbocycles. The Morgan fingerprint density at radius 1 is 1.21 bits per heavy atom. The van der Waals surface area contributed by atoms with Gasteiger partial charge in [0.1, 0.15) is 12.0 Å². The van der Waals surface area contributed by atoms with Crippen molar-refractivity contribution in [2.75, 3.05) is 20.6 Å². The van der Waals surface area contributed by atoms with Crippen LogP contribution in [0.1, 0.15) is 11.3 Å². The van der Waals surface area contributed by atoms with Gasteiger partial charge in [-0.1, -0.05) is 6.07 Å². The highest BCUT2D eigenvalue weighted by Gasteiger charge is 2.18. The Hall–Kier alpha value is -2.25. The molecule has 0 amide bonds. The van der Waals surface area contributed by atoms with E-state index in [1.54, 1.807) is 22.2 Å². The van der Waals surface area contributed by atoms with Crippen LogP contribution in [0.3, 0.4) is 0 Å². The van der Waals surface area contributed by atoms with Crippen LogP contribution in [0.4, 0.5) is 0 Å². The Kier molecular flexibility index (Phi) is 3.62. The predicted molar refractivity (Wildman–Crippen MR) is 96.7 cm³/mol. The highest BCUT2D eigenvalue weighted by Crippen LogP contribution is 2.28. The minimum atomic E-state index is 0.766. The number of hydrogen-bond donors (Lipinski definition) is 1. The summed E-state index contributed by atoms with van der Waals surface area (Å²) < 4.78 is 4.10. The van der Waals surface area contributed by atoms with Crippen LogP contribution in [-0.4, -0.2) is 44.8 Å². The molecule has 6 nitrogen and oxygen atoms in total. The number of aryl methyl sites for hydroxylation is 1. The largest absolute Gasteiger partial charge is 0.338 e. The number of thiophene rings is 1. The van der Waals surface area contributed by atoms with Gasteiger partial charge in [0.2, 0.25) is 0 Å². The second kappa shape index (κ2) is 5.68. The topological polar surface area (TPSA) is 52.5 Å². The molecule has 0 saturated carbocycles. The molecular weight excluding hydrogens is 320 g/mol. The molecule has 4 rings (SSSR count). The molecule has 4 aromatic heterocycles. The fourth-order valence-electron chi connectivity index (χ4n) is 3.05. The molecule has 0 saturated heterocycles. The number of likely N-dealkylation sites (N-methyl/N-ethyl adjacent to an activating group) is 1. The van der Waals surface area contributed by atoms with Gasteiger partial charge in [0.05, 0.1) is 37.4 Å². The molecule has 0 aromatic carbocycles. The molecule has 4 heterocycles. The number of nitrogens with one attached hydrogen (secondary N) is 1. The average Bonchev–Trinajstić information content (AvgIpc) is 3.25. The summed E-state index contributed by atoms with van der Waals surface area (Å²) >= 11 is 1.65. The third-order valence-electron chi connectivity index (χ3n) is 4.52. The summed E-state index contributed by atoms with van der Waals surface area (Å²) in [7, 11) is 4.34. The smallest absolute Gasteiger partial charge is 0.192 e. The van der Waals surface area contributed by atoms with Gasteiger partial charge in [-0.2, -0.15) is 0 Å². The van der Waals surface area contributed by atoms with Crippen molar-refractivity contribution < 1.29 is 4.90 Å². The van der Waals surface area contributed by atoms with Crippen molar-refractivity contribution in [2.45, 2.75) is 20.4 Å². The fourth-order valence-corrected chi connectivity index (χ4v) is 3.70. The molecule has 0 atom stereocenters. The van der Waals surface area contributed by atoms with Crippen molar-refractivity contribution in [1.29, 1.82) is 0 Å². The molecule has 0 aliphatic heterocycles. The minimum Gasteiger partial charge on any atom is -0.338 e. The van der Waals surface area contributed by atoms with E-state index in [2.05, 4.69) is 42.6 Å². The molecule has 0 bridgehead atoms. The first-order valence-electron chi connectivity index (χ1n) is 8.10. The highest BCUT2D eigenvalue weighted by atomic mass is 32.1. The van der Waals surface area contributed by atoms with E-state index in [0.29, 0.717) is 0 Å². The van der Waals surface area contributed by atoms with Crippen molar-refractivity contribution in [3.63, 3.8) is 0 Å². The lowest BCUT2D eigenvalue weighted by atomic mass is 10.2. The first kappa shape index (κ1) is 15.3. The quantitative estimate of drug-likeness (QED) is 0.613. The van der Waals surface area contributed by atoms with Crippen LogP contribution in [0.5, 0.6) is 0 Å². The van der Waals surface area contributed by atoms with E-state index < -0.39 is 0 Å². The van der Waals surface area contributed by atoms with Crippen molar-refractivity contribution in [1.82, 2.24) is 24.1 Å². The number of fused-ring (bicyclic) bond motifs is 3. The maximum atomic E-state index is 4.80. The van der Waals surface area contributed by atoms with Gasteiger partial charge in [-0.05, 0) is 30.9 Å². The Labute approximate surface area is 144 Å². The summed E-state index contributed by atoms with van der Waals surface area (Å²) in [5.74, 6) is 0.766. The van der Waals surface area contributed by atoms with E-state index in [1.165, 1.54) is 16.2 Å². The van der Waals surface area contributed by atoms with Gasteiger partial charge >= 0.3 is 0 Å². The van der Waals surface area contributed by atoms with Gasteiger partial charge in [-0.3, -0.25) is 0 Å². The van der Waals surface area contributed by atoms with Crippen LogP contribution in [-0.2, 0) is 6.54 Å². The fraction of sp³-hybridized carbons (Fsp3) is 0.353. The Bertz CT molecular complexity index is 1010. The number of aromatic nitrogens is 5. The van der Waals surface area contributed by atoms with Crippen LogP contribution in [0.2, 0.25) is 0 Å². The monoisotopic (exact) mass is 341 g/mol. The molecule has 7 heteroatoms. The van der Waals surface area contributed by atoms with Gasteiger partial charge in [0, 0.05) is 5.69 Å². The second-order valence-corrected chi connectivity index (χ2v) is 7.39. The molecule has 0 spiro atoms. The van der Waals surface area contributed by atoms with Crippen molar-refractivity contribution in [3.8, 4) is 10.7 Å². The molecular formula is C17H21N6S+. The molecule has 0 unspecified atom stereocenters. The van der Waals surface area contributed by atoms with Crippen LogP contribution >= 0.6 is 11.3 Å². The van der Waals surface area contributed by atoms with Crippen LogP contribution in [0, 0.1) is 13.8 Å². The van der Waals surface area contributed by atoms with E-state index >= 15 is 0 Å². The number of nitrogens with zero attached hydrogens (tertiary/aromatic N) is 5. The molecule has 0 fully saturated rings. The molecule has 0 aliphatic rings. The van der Waals surface area contributed by atoms with Crippen molar-refractivity contribution >= 4 is 28.0 Å². The van der Waals surface area contributed by atoms with Crippen LogP contribution < -0.4 is 4.90 Å². The SMILES string of the molecule is Cc1c(C)n(CC[NH+](C)C)c2ncn3nc(-c4cccs4)nc3c12. The normalized spacial score (nSPS) is 12.0. The van der Waals surface area contributed by atoms with Gasteiger partial charge in [-0.15, -0.1) is 16.4 Å². The van der Waals surface area contributed by atoms with Crippen LogP contribution in [0.15, 0.2) is 23.8 Å². The summed E-state index contributed by atoms with van der Waals surface area (Å²) in [6.07, 6.45) is 1.78. The summed E-state index contributed by atoms with van der Waals surface area (Å²) in [5.41, 5.74) is 4.39. The van der Waals surface area contributed by atoms with E-state index in [0.717, 1.165) is 40.5 Å². The third-order valence-corrected chi connectivity index (χ3v) is 5.39. The van der Waals surface area contributed by atoms with E-state index in [9.17, 15) is 0 Å². The van der Waals surface area contributed by atoms with Crippen molar-refractivity contribution in [2.24, 2.45) is 0 Å². The van der Waals surface area contributed by atoms with E-state index in [4.69, 9.17) is 4.98 Å². The first-order chi connectivity index (χ1) is 11.6. The zero-order valence-corrected chi connectivity index (χ0v) is 15.2. The molecule has 124 valence electrons. The zero-order valence-electron chi connectivity index (χ0n) is 14.4. The van der Waals surface area contributed by atoms with E-state index in [1.807, 2.05) is 17.5 Å². The predicted octanol–water partition coefficient (Wildman–Crippen LogP) is 1.57. The Morgan fingerprint density at radius 2 is 2.04 bits per heavy atom. The number of rotatable bonds is 4. The first-order valence-corrected chi connectivity index (χ1v) is 8.98. The lowest BCUT2D eigenvalue weighted by Gasteiger charge is -2.10. The van der Waals surface area contributed by atoms with Crippen LogP contribution in [0.25, 0.3) is 27.4 Å². The average molecular weight is 341 g/mol. The summed E-state index contributed by atoms with van der Waals surface area (Å²) in [6, 6.07) is 4.07. The van der Waals surface area contributed by atoms with Gasteiger partial charge in [-0.25, -0.2) is 14.5 Å². The molecule has 1 N–H and O–H groups in total. The molecule has 0 radical (unpaired) electrons. The minimum absolute atomic E-state index is 0.766. The van der Waals surface area contributed by atoms with Gasteiger partial charge < -0.3 is 9.47 Å². The lowest BCUT2D eigenvalue weighted by Crippen LogP contribution is -3.06. The number of quaternary nitrogens is 1. The van der Waals surface area contributed by atoms with Crippen molar-refractivity contribution in [3.05, 3.63) is 35.1 Å².